The Bertz CT molecular complexity index is 659. The number of rotatable bonds is 3. The molecule has 5 nitrogen and oxygen atoms in total. The molecule has 0 saturated heterocycles. The van der Waals surface area contributed by atoms with Crippen LogP contribution in [0.25, 0.3) is 0 Å². The fourth-order valence-electron chi connectivity index (χ4n) is 1.68. The second-order valence-electron chi connectivity index (χ2n) is 4.10. The van der Waals surface area contributed by atoms with Crippen LogP contribution in [-0.2, 0) is 0 Å². The van der Waals surface area contributed by atoms with Crippen LogP contribution in [0.3, 0.4) is 0 Å². The van der Waals surface area contributed by atoms with Crippen molar-refractivity contribution in [1.82, 2.24) is 0 Å². The summed E-state index contributed by atoms with van der Waals surface area (Å²) in [6.45, 7) is 0. The molecule has 0 aromatic heterocycles. The minimum Gasteiger partial charge on any atom is -0.507 e. The van der Waals surface area contributed by atoms with Gasteiger partial charge in [0.1, 0.15) is 11.5 Å². The summed E-state index contributed by atoms with van der Waals surface area (Å²) >= 11 is 5.70. The quantitative estimate of drug-likeness (QED) is 0.655. The molecule has 0 radical (unpaired) electrons. The van der Waals surface area contributed by atoms with Gasteiger partial charge in [-0.25, -0.2) is 0 Å². The summed E-state index contributed by atoms with van der Waals surface area (Å²) in [5.41, 5.74) is 1.05. The van der Waals surface area contributed by atoms with Crippen LogP contribution in [0.2, 0.25) is 5.02 Å². The van der Waals surface area contributed by atoms with Crippen molar-refractivity contribution in [3.8, 4) is 11.5 Å². The molecule has 0 fully saturated rings. The van der Waals surface area contributed by atoms with Crippen molar-refractivity contribution in [2.45, 2.75) is 0 Å². The van der Waals surface area contributed by atoms with Crippen molar-refractivity contribution in [1.29, 1.82) is 0 Å². The molecule has 0 atom stereocenters. The van der Waals surface area contributed by atoms with Crippen molar-refractivity contribution in [2.24, 2.45) is 0 Å². The minimum atomic E-state index is -0.535. The molecule has 0 spiro atoms. The standard InChI is InChI=1S/C14H13ClN2O3/c1-16-9-3-5-11(13(19)7-9)17-14(20)10-4-2-8(15)6-12(10)18/h2-7,16,18-19H,1H3,(H,17,20). The molecular weight excluding hydrogens is 280 g/mol. The number of aromatic hydroxyl groups is 2. The summed E-state index contributed by atoms with van der Waals surface area (Å²) in [6, 6.07) is 8.94. The van der Waals surface area contributed by atoms with E-state index in [4.69, 9.17) is 11.6 Å². The van der Waals surface area contributed by atoms with Gasteiger partial charge in [-0.05, 0) is 30.3 Å². The first kappa shape index (κ1) is 14.0. The molecule has 0 unspecified atom stereocenters. The molecule has 20 heavy (non-hydrogen) atoms. The lowest BCUT2D eigenvalue weighted by Gasteiger charge is -2.10. The summed E-state index contributed by atoms with van der Waals surface area (Å²) in [4.78, 5) is 12.0. The predicted molar refractivity (Wildman–Crippen MR) is 78.7 cm³/mol. The SMILES string of the molecule is CNc1ccc(NC(=O)c2ccc(Cl)cc2O)c(O)c1. The molecule has 0 aliphatic carbocycles. The van der Waals surface area contributed by atoms with Gasteiger partial charge in [0.25, 0.3) is 5.91 Å². The molecule has 2 rings (SSSR count). The maximum Gasteiger partial charge on any atom is 0.259 e. The van der Waals surface area contributed by atoms with Crippen LogP contribution in [0, 0.1) is 0 Å². The first-order valence-electron chi connectivity index (χ1n) is 5.82. The van der Waals surface area contributed by atoms with E-state index in [-0.39, 0.29) is 22.7 Å². The number of anilines is 2. The average Bonchev–Trinajstić information content (AvgIpc) is 2.40. The lowest BCUT2D eigenvalue weighted by Crippen LogP contribution is -2.12. The summed E-state index contributed by atoms with van der Waals surface area (Å²) in [5, 5.41) is 25.2. The van der Waals surface area contributed by atoms with Crippen LogP contribution >= 0.6 is 11.6 Å². The Balaban J connectivity index is 2.23. The lowest BCUT2D eigenvalue weighted by atomic mass is 10.1. The number of nitrogens with one attached hydrogen (secondary N) is 2. The first-order chi connectivity index (χ1) is 9.51. The number of amides is 1. The Labute approximate surface area is 120 Å². The summed E-state index contributed by atoms with van der Waals surface area (Å²) in [5.74, 6) is -0.827. The molecule has 6 heteroatoms. The summed E-state index contributed by atoms with van der Waals surface area (Å²) < 4.78 is 0. The minimum absolute atomic E-state index is 0.0707. The molecule has 0 aliphatic heterocycles. The predicted octanol–water partition coefficient (Wildman–Crippen LogP) is 3.05. The van der Waals surface area contributed by atoms with Gasteiger partial charge in [-0.3, -0.25) is 4.79 Å². The lowest BCUT2D eigenvalue weighted by molar-refractivity contribution is 0.102. The van der Waals surface area contributed by atoms with Gasteiger partial charge in [-0.1, -0.05) is 11.6 Å². The molecule has 2 aromatic carbocycles. The van der Waals surface area contributed by atoms with Gasteiger partial charge < -0.3 is 20.8 Å². The van der Waals surface area contributed by atoms with Crippen molar-refractivity contribution in [3.05, 3.63) is 47.0 Å². The molecule has 0 saturated carbocycles. The molecule has 104 valence electrons. The Morgan fingerprint density at radius 3 is 2.45 bits per heavy atom. The number of carbonyl (C=O) groups excluding carboxylic acids is 1. The Morgan fingerprint density at radius 2 is 1.85 bits per heavy atom. The van der Waals surface area contributed by atoms with Gasteiger partial charge >= 0.3 is 0 Å². The highest BCUT2D eigenvalue weighted by Gasteiger charge is 2.13. The second kappa shape index (κ2) is 5.71. The maximum atomic E-state index is 12.0. The third-order valence-corrected chi connectivity index (χ3v) is 2.97. The van der Waals surface area contributed by atoms with Gasteiger partial charge in [0.2, 0.25) is 0 Å². The van der Waals surface area contributed by atoms with E-state index in [1.807, 2.05) is 0 Å². The monoisotopic (exact) mass is 292 g/mol. The summed E-state index contributed by atoms with van der Waals surface area (Å²) in [7, 11) is 1.72. The Kier molecular flexibility index (Phi) is 4.00. The highest BCUT2D eigenvalue weighted by atomic mass is 35.5. The van der Waals surface area contributed by atoms with Crippen LogP contribution in [0.5, 0.6) is 11.5 Å². The van der Waals surface area contributed by atoms with E-state index in [0.717, 1.165) is 5.69 Å². The number of carbonyl (C=O) groups is 1. The Hall–Kier alpha value is -2.40. The van der Waals surface area contributed by atoms with Crippen LogP contribution < -0.4 is 10.6 Å². The molecule has 0 bridgehead atoms. The van der Waals surface area contributed by atoms with E-state index in [1.54, 1.807) is 19.2 Å². The Morgan fingerprint density at radius 1 is 1.10 bits per heavy atom. The maximum absolute atomic E-state index is 12.0. The van der Waals surface area contributed by atoms with Gasteiger partial charge in [0.05, 0.1) is 11.3 Å². The number of phenolic OH excluding ortho intramolecular Hbond substituents is 2. The number of benzene rings is 2. The third-order valence-electron chi connectivity index (χ3n) is 2.74. The second-order valence-corrected chi connectivity index (χ2v) is 4.53. The fourth-order valence-corrected chi connectivity index (χ4v) is 1.85. The zero-order valence-corrected chi connectivity index (χ0v) is 11.4. The van der Waals surface area contributed by atoms with E-state index in [1.165, 1.54) is 24.3 Å². The van der Waals surface area contributed by atoms with Crippen LogP contribution in [0.15, 0.2) is 36.4 Å². The smallest absolute Gasteiger partial charge is 0.259 e. The van der Waals surface area contributed by atoms with Gasteiger partial charge in [0, 0.05) is 23.8 Å². The normalized spacial score (nSPS) is 10.1. The zero-order chi connectivity index (χ0) is 14.7. The van der Waals surface area contributed by atoms with E-state index in [2.05, 4.69) is 10.6 Å². The molecule has 0 aliphatic rings. The largest absolute Gasteiger partial charge is 0.507 e. The van der Waals surface area contributed by atoms with Crippen molar-refractivity contribution < 1.29 is 15.0 Å². The van der Waals surface area contributed by atoms with Gasteiger partial charge in [-0.15, -0.1) is 0 Å². The van der Waals surface area contributed by atoms with E-state index in [0.29, 0.717) is 5.02 Å². The van der Waals surface area contributed by atoms with Crippen LogP contribution in [-0.4, -0.2) is 23.2 Å². The van der Waals surface area contributed by atoms with E-state index >= 15 is 0 Å². The zero-order valence-electron chi connectivity index (χ0n) is 10.6. The van der Waals surface area contributed by atoms with Crippen molar-refractivity contribution in [2.75, 3.05) is 17.7 Å². The fraction of sp³-hybridized carbons (Fsp3) is 0.0714. The van der Waals surface area contributed by atoms with Gasteiger partial charge in [0.15, 0.2) is 0 Å². The van der Waals surface area contributed by atoms with Crippen molar-refractivity contribution >= 4 is 28.9 Å². The summed E-state index contributed by atoms with van der Waals surface area (Å²) in [6.07, 6.45) is 0. The number of halogens is 1. The van der Waals surface area contributed by atoms with Crippen LogP contribution in [0.1, 0.15) is 10.4 Å². The molecule has 1 amide bonds. The molecule has 2 aromatic rings. The highest BCUT2D eigenvalue weighted by Crippen LogP contribution is 2.28. The van der Waals surface area contributed by atoms with E-state index < -0.39 is 5.91 Å². The number of hydrogen-bond acceptors (Lipinski definition) is 4. The van der Waals surface area contributed by atoms with E-state index in [9.17, 15) is 15.0 Å². The molecule has 0 heterocycles. The average molecular weight is 293 g/mol. The number of hydrogen-bond donors (Lipinski definition) is 4. The van der Waals surface area contributed by atoms with Gasteiger partial charge in [-0.2, -0.15) is 0 Å². The molecular formula is C14H13ClN2O3. The molecule has 4 N–H and O–H groups in total. The third kappa shape index (κ3) is 2.95. The number of phenols is 2. The topological polar surface area (TPSA) is 81.6 Å². The van der Waals surface area contributed by atoms with Crippen LogP contribution in [0.4, 0.5) is 11.4 Å². The van der Waals surface area contributed by atoms with Crippen molar-refractivity contribution in [3.63, 3.8) is 0 Å². The highest BCUT2D eigenvalue weighted by molar-refractivity contribution is 6.31. The first-order valence-corrected chi connectivity index (χ1v) is 6.19.